The predicted octanol–water partition coefficient (Wildman–Crippen LogP) is 4.02. The minimum Gasteiger partial charge on any atom is -0.385 e. The fraction of sp³-hybridized carbons (Fsp3) is 0.600. The summed E-state index contributed by atoms with van der Waals surface area (Å²) in [6, 6.07) is 6.71. The summed E-state index contributed by atoms with van der Waals surface area (Å²) in [5.41, 5.74) is 4.93. The van der Waals surface area contributed by atoms with Crippen molar-refractivity contribution in [3.05, 3.63) is 29.3 Å². The highest BCUT2D eigenvalue weighted by Gasteiger charge is 2.15. The number of anilines is 1. The van der Waals surface area contributed by atoms with Gasteiger partial charge in [-0.25, -0.2) is 0 Å². The maximum Gasteiger partial charge on any atom is 0.0375 e. The van der Waals surface area contributed by atoms with Gasteiger partial charge < -0.3 is 5.32 Å². The van der Waals surface area contributed by atoms with Crippen molar-refractivity contribution in [3.63, 3.8) is 0 Å². The molecule has 0 fully saturated rings. The van der Waals surface area contributed by atoms with E-state index in [1.165, 1.54) is 31.4 Å². The summed E-state index contributed by atoms with van der Waals surface area (Å²) in [6.45, 7) is 8.09. The second kappa shape index (κ2) is 4.48. The second-order valence-electron chi connectivity index (χ2n) is 6.03. The molecule has 0 amide bonds. The standard InChI is InChI=1S/C15H23N/c1-15(2,3)10-9-12-6-4-8-14-13(12)7-5-11-16-14/h4,6,8,16H,5,7,9-11H2,1-3H3. The molecule has 1 N–H and O–H groups in total. The van der Waals surface area contributed by atoms with Crippen LogP contribution in [0.1, 0.15) is 44.7 Å². The smallest absolute Gasteiger partial charge is 0.0375 e. The molecule has 1 heteroatoms. The Morgan fingerprint density at radius 2 is 2.06 bits per heavy atom. The number of aryl methyl sites for hydroxylation is 1. The molecule has 0 aliphatic carbocycles. The monoisotopic (exact) mass is 217 g/mol. The van der Waals surface area contributed by atoms with Crippen molar-refractivity contribution >= 4 is 5.69 Å². The van der Waals surface area contributed by atoms with E-state index in [9.17, 15) is 0 Å². The maximum atomic E-state index is 3.50. The molecule has 0 saturated heterocycles. The molecule has 88 valence electrons. The van der Waals surface area contributed by atoms with Gasteiger partial charge in [0.05, 0.1) is 0 Å². The zero-order valence-electron chi connectivity index (χ0n) is 10.8. The Morgan fingerprint density at radius 1 is 1.25 bits per heavy atom. The molecule has 1 aromatic rings. The fourth-order valence-corrected chi connectivity index (χ4v) is 2.33. The average molecular weight is 217 g/mol. The third kappa shape index (κ3) is 2.78. The summed E-state index contributed by atoms with van der Waals surface area (Å²) in [6.07, 6.45) is 5.01. The molecule has 1 nitrogen and oxygen atoms in total. The predicted molar refractivity (Wildman–Crippen MR) is 71.0 cm³/mol. The number of hydrogen-bond acceptors (Lipinski definition) is 1. The quantitative estimate of drug-likeness (QED) is 0.789. The van der Waals surface area contributed by atoms with Gasteiger partial charge in [0.25, 0.3) is 0 Å². The van der Waals surface area contributed by atoms with Gasteiger partial charge in [-0.2, -0.15) is 0 Å². The highest BCUT2D eigenvalue weighted by atomic mass is 14.9. The zero-order valence-corrected chi connectivity index (χ0v) is 10.8. The van der Waals surface area contributed by atoms with Crippen LogP contribution in [0.15, 0.2) is 18.2 Å². The molecule has 16 heavy (non-hydrogen) atoms. The molecule has 1 aliphatic rings. The van der Waals surface area contributed by atoms with Crippen molar-refractivity contribution in [2.75, 3.05) is 11.9 Å². The summed E-state index contributed by atoms with van der Waals surface area (Å²) < 4.78 is 0. The van der Waals surface area contributed by atoms with Crippen molar-refractivity contribution in [2.24, 2.45) is 5.41 Å². The topological polar surface area (TPSA) is 12.0 Å². The van der Waals surface area contributed by atoms with Crippen LogP contribution >= 0.6 is 0 Å². The largest absolute Gasteiger partial charge is 0.385 e. The third-order valence-electron chi connectivity index (χ3n) is 3.34. The van der Waals surface area contributed by atoms with Gasteiger partial charge >= 0.3 is 0 Å². The Labute approximate surface area is 99.3 Å². The van der Waals surface area contributed by atoms with Gasteiger partial charge in [0.15, 0.2) is 0 Å². The summed E-state index contributed by atoms with van der Waals surface area (Å²) in [5, 5.41) is 3.50. The van der Waals surface area contributed by atoms with Crippen LogP contribution < -0.4 is 5.32 Å². The molecule has 1 aliphatic heterocycles. The average Bonchev–Trinajstić information content (AvgIpc) is 2.25. The lowest BCUT2D eigenvalue weighted by Gasteiger charge is -2.23. The highest BCUT2D eigenvalue weighted by Crippen LogP contribution is 2.28. The molecule has 1 heterocycles. The first kappa shape index (κ1) is 11.5. The van der Waals surface area contributed by atoms with E-state index in [1.54, 1.807) is 11.1 Å². The molecule has 0 radical (unpaired) electrons. The summed E-state index contributed by atoms with van der Waals surface area (Å²) >= 11 is 0. The molecule has 0 spiro atoms. The molecule has 0 atom stereocenters. The molecule has 0 aromatic heterocycles. The van der Waals surface area contributed by atoms with E-state index in [-0.39, 0.29) is 0 Å². The fourth-order valence-electron chi connectivity index (χ4n) is 2.33. The van der Waals surface area contributed by atoms with E-state index in [0.29, 0.717) is 5.41 Å². The number of rotatable bonds is 2. The van der Waals surface area contributed by atoms with E-state index in [2.05, 4.69) is 44.3 Å². The number of benzene rings is 1. The summed E-state index contributed by atoms with van der Waals surface area (Å²) in [5.74, 6) is 0. The van der Waals surface area contributed by atoms with E-state index >= 15 is 0 Å². The van der Waals surface area contributed by atoms with Crippen LogP contribution in [-0.4, -0.2) is 6.54 Å². The van der Waals surface area contributed by atoms with Crippen LogP contribution in [0.3, 0.4) is 0 Å². The van der Waals surface area contributed by atoms with Crippen molar-refractivity contribution in [1.29, 1.82) is 0 Å². The van der Waals surface area contributed by atoms with Crippen molar-refractivity contribution in [3.8, 4) is 0 Å². The highest BCUT2D eigenvalue weighted by molar-refractivity contribution is 5.56. The normalized spacial score (nSPS) is 15.4. The van der Waals surface area contributed by atoms with E-state index in [0.717, 1.165) is 6.54 Å². The Kier molecular flexibility index (Phi) is 3.22. The molecule has 0 saturated carbocycles. The van der Waals surface area contributed by atoms with Crippen LogP contribution in [0.4, 0.5) is 5.69 Å². The molecule has 1 aromatic carbocycles. The number of fused-ring (bicyclic) bond motifs is 1. The van der Waals surface area contributed by atoms with Crippen molar-refractivity contribution < 1.29 is 0 Å². The Balaban J connectivity index is 2.15. The molecule has 0 bridgehead atoms. The molecule has 0 unspecified atom stereocenters. The van der Waals surface area contributed by atoms with Gasteiger partial charge in [-0.15, -0.1) is 0 Å². The lowest BCUT2D eigenvalue weighted by Crippen LogP contribution is -2.14. The van der Waals surface area contributed by atoms with Crippen molar-refractivity contribution in [2.45, 2.75) is 46.5 Å². The Hall–Kier alpha value is -0.980. The molecule has 2 rings (SSSR count). The minimum atomic E-state index is 0.435. The second-order valence-corrected chi connectivity index (χ2v) is 6.03. The van der Waals surface area contributed by atoms with E-state index < -0.39 is 0 Å². The third-order valence-corrected chi connectivity index (χ3v) is 3.34. The summed E-state index contributed by atoms with van der Waals surface area (Å²) in [7, 11) is 0. The maximum absolute atomic E-state index is 3.50. The lowest BCUT2D eigenvalue weighted by atomic mass is 9.86. The van der Waals surface area contributed by atoms with E-state index in [1.807, 2.05) is 0 Å². The Bertz CT molecular complexity index is 360. The van der Waals surface area contributed by atoms with Crippen LogP contribution in [0.5, 0.6) is 0 Å². The van der Waals surface area contributed by atoms with Crippen LogP contribution in [0.25, 0.3) is 0 Å². The van der Waals surface area contributed by atoms with Crippen LogP contribution in [0.2, 0.25) is 0 Å². The Morgan fingerprint density at radius 3 is 2.81 bits per heavy atom. The lowest BCUT2D eigenvalue weighted by molar-refractivity contribution is 0.377. The van der Waals surface area contributed by atoms with Gasteiger partial charge in [0, 0.05) is 12.2 Å². The first-order valence-electron chi connectivity index (χ1n) is 6.41. The van der Waals surface area contributed by atoms with E-state index in [4.69, 9.17) is 0 Å². The molecular weight excluding hydrogens is 194 g/mol. The number of nitrogens with one attached hydrogen (secondary N) is 1. The van der Waals surface area contributed by atoms with Gasteiger partial charge in [-0.1, -0.05) is 32.9 Å². The summed E-state index contributed by atoms with van der Waals surface area (Å²) in [4.78, 5) is 0. The number of hydrogen-bond donors (Lipinski definition) is 1. The van der Waals surface area contributed by atoms with Gasteiger partial charge in [-0.3, -0.25) is 0 Å². The van der Waals surface area contributed by atoms with Gasteiger partial charge in [-0.05, 0) is 48.3 Å². The van der Waals surface area contributed by atoms with Gasteiger partial charge in [0.2, 0.25) is 0 Å². The van der Waals surface area contributed by atoms with Crippen LogP contribution in [0, 0.1) is 5.41 Å². The SMILES string of the molecule is CC(C)(C)CCc1cccc2c1CCCN2. The zero-order chi connectivity index (χ0) is 11.6. The van der Waals surface area contributed by atoms with Crippen molar-refractivity contribution in [1.82, 2.24) is 0 Å². The first-order chi connectivity index (χ1) is 7.56. The van der Waals surface area contributed by atoms with Gasteiger partial charge in [0.1, 0.15) is 0 Å². The van der Waals surface area contributed by atoms with Crippen LogP contribution in [-0.2, 0) is 12.8 Å². The minimum absolute atomic E-state index is 0.435. The molecular formula is C15H23N. The first-order valence-corrected chi connectivity index (χ1v) is 6.41.